The maximum absolute atomic E-state index is 12.4. The normalized spacial score (nSPS) is 26.5. The Morgan fingerprint density at radius 3 is 2.80 bits per heavy atom. The van der Waals surface area contributed by atoms with Crippen molar-refractivity contribution in [1.82, 2.24) is 9.88 Å². The van der Waals surface area contributed by atoms with Crippen molar-refractivity contribution in [3.8, 4) is 0 Å². The van der Waals surface area contributed by atoms with Crippen molar-refractivity contribution in [2.24, 2.45) is 5.92 Å². The summed E-state index contributed by atoms with van der Waals surface area (Å²) >= 11 is 4.48. The van der Waals surface area contributed by atoms with Crippen LogP contribution in [0.5, 0.6) is 0 Å². The molecule has 1 aromatic rings. The molecule has 1 aromatic heterocycles. The molecule has 3 rings (SSSR count). The summed E-state index contributed by atoms with van der Waals surface area (Å²) < 4.78 is 0. The van der Waals surface area contributed by atoms with E-state index in [0.29, 0.717) is 4.91 Å². The molecule has 1 saturated heterocycles. The van der Waals surface area contributed by atoms with Gasteiger partial charge in [0.1, 0.15) is 5.70 Å². The molecule has 0 radical (unpaired) electrons. The summed E-state index contributed by atoms with van der Waals surface area (Å²) in [4.78, 5) is 29.9. The summed E-state index contributed by atoms with van der Waals surface area (Å²) in [7, 11) is 0. The Balaban J connectivity index is 2.08. The summed E-state index contributed by atoms with van der Waals surface area (Å²) in [5, 5.41) is 19.6. The Morgan fingerprint density at radius 1 is 1.48 bits per heavy atom. The van der Waals surface area contributed by atoms with Crippen molar-refractivity contribution in [3.63, 3.8) is 0 Å². The lowest BCUT2D eigenvalue weighted by Crippen LogP contribution is -2.63. The van der Waals surface area contributed by atoms with E-state index in [1.807, 2.05) is 6.07 Å². The third-order valence-electron chi connectivity index (χ3n) is 5.11. The molecule has 134 valence electrons. The van der Waals surface area contributed by atoms with Gasteiger partial charge in [-0.25, -0.2) is 4.79 Å². The number of carboxylic acids is 1. The van der Waals surface area contributed by atoms with E-state index >= 15 is 0 Å². The maximum atomic E-state index is 12.4. The molecule has 0 aromatic carbocycles. The van der Waals surface area contributed by atoms with Crippen LogP contribution in [0.25, 0.3) is 0 Å². The van der Waals surface area contributed by atoms with Gasteiger partial charge in [0.05, 0.1) is 18.1 Å². The Bertz CT molecular complexity index is 746. The number of rotatable bonds is 6. The molecule has 0 saturated carbocycles. The first-order valence-corrected chi connectivity index (χ1v) is 8.95. The highest BCUT2D eigenvalue weighted by Gasteiger charge is 2.61. The van der Waals surface area contributed by atoms with E-state index in [-0.39, 0.29) is 17.5 Å². The van der Waals surface area contributed by atoms with Gasteiger partial charge in [-0.1, -0.05) is 13.3 Å². The quantitative estimate of drug-likeness (QED) is 0.532. The van der Waals surface area contributed by atoms with Crippen LogP contribution in [-0.4, -0.2) is 44.1 Å². The number of carbonyl (C=O) groups is 2. The molecule has 0 spiro atoms. The van der Waals surface area contributed by atoms with Gasteiger partial charge in [-0.3, -0.25) is 9.78 Å². The fourth-order valence-electron chi connectivity index (χ4n) is 3.93. The molecule has 2 aliphatic rings. The number of β-lactam (4-membered cyclic amide) rings is 1. The molecule has 1 amide bonds. The SMILES string of the molecule is CCCCc1ccncc1C1C(S)=C(C(=O)O)N2C(=O)[C@@H]([C@@H](C)O)C12. The molecule has 2 unspecified atom stereocenters. The van der Waals surface area contributed by atoms with Crippen LogP contribution in [0.2, 0.25) is 0 Å². The van der Waals surface area contributed by atoms with E-state index in [0.717, 1.165) is 30.4 Å². The fourth-order valence-corrected chi connectivity index (χ4v) is 4.42. The summed E-state index contributed by atoms with van der Waals surface area (Å²) in [5.41, 5.74) is 1.90. The van der Waals surface area contributed by atoms with Crippen LogP contribution in [-0.2, 0) is 16.0 Å². The van der Waals surface area contributed by atoms with Crippen LogP contribution in [0, 0.1) is 5.92 Å². The molecule has 4 atom stereocenters. The van der Waals surface area contributed by atoms with Crippen LogP contribution < -0.4 is 0 Å². The second-order valence-corrected chi connectivity index (χ2v) is 7.14. The maximum Gasteiger partial charge on any atom is 0.353 e. The highest BCUT2D eigenvalue weighted by atomic mass is 32.1. The van der Waals surface area contributed by atoms with Crippen molar-refractivity contribution in [3.05, 3.63) is 40.2 Å². The van der Waals surface area contributed by atoms with Gasteiger partial charge in [-0.05, 0) is 37.0 Å². The molecule has 25 heavy (non-hydrogen) atoms. The number of pyridine rings is 1. The van der Waals surface area contributed by atoms with E-state index in [4.69, 9.17) is 0 Å². The van der Waals surface area contributed by atoms with Crippen LogP contribution >= 0.6 is 12.6 Å². The number of amides is 1. The van der Waals surface area contributed by atoms with Crippen LogP contribution in [0.4, 0.5) is 0 Å². The monoisotopic (exact) mass is 362 g/mol. The first-order valence-electron chi connectivity index (χ1n) is 8.50. The standard InChI is InChI=1S/C18H22N2O4S/c1-3-4-5-10-6-7-19-8-11(10)13-14-12(9(2)21)17(22)20(14)15(16(13)25)18(23)24/h6-9,12-14,21,25H,3-5H2,1-2H3,(H,23,24)/t9-,12+,13?,14?/m1/s1. The molecule has 7 heteroatoms. The Hall–Kier alpha value is -1.86. The molecule has 6 nitrogen and oxygen atoms in total. The zero-order chi connectivity index (χ0) is 18.3. The average Bonchev–Trinajstić information content (AvgIpc) is 2.82. The van der Waals surface area contributed by atoms with Crippen molar-refractivity contribution < 1.29 is 19.8 Å². The number of aryl methyl sites for hydroxylation is 1. The smallest absolute Gasteiger partial charge is 0.353 e. The molecular formula is C18H22N2O4S. The highest BCUT2D eigenvalue weighted by molar-refractivity contribution is 7.84. The van der Waals surface area contributed by atoms with Gasteiger partial charge in [-0.15, -0.1) is 12.6 Å². The number of nitrogens with zero attached hydrogens (tertiary/aromatic N) is 2. The van der Waals surface area contributed by atoms with E-state index in [1.54, 1.807) is 19.3 Å². The molecular weight excluding hydrogens is 340 g/mol. The number of aliphatic carboxylic acids is 1. The lowest BCUT2D eigenvalue weighted by molar-refractivity contribution is -0.162. The van der Waals surface area contributed by atoms with E-state index < -0.39 is 24.0 Å². The number of hydrogen-bond donors (Lipinski definition) is 3. The topological polar surface area (TPSA) is 90.7 Å². The van der Waals surface area contributed by atoms with Crippen molar-refractivity contribution >= 4 is 24.5 Å². The van der Waals surface area contributed by atoms with Crippen molar-refractivity contribution in [2.45, 2.75) is 51.2 Å². The Morgan fingerprint density at radius 2 is 2.20 bits per heavy atom. The number of aliphatic hydroxyl groups excluding tert-OH is 1. The van der Waals surface area contributed by atoms with Crippen molar-refractivity contribution in [2.75, 3.05) is 0 Å². The van der Waals surface area contributed by atoms with E-state index in [1.165, 1.54) is 4.90 Å². The summed E-state index contributed by atoms with van der Waals surface area (Å²) in [5.74, 6) is -2.52. The lowest BCUT2D eigenvalue weighted by atomic mass is 9.75. The lowest BCUT2D eigenvalue weighted by Gasteiger charge is -2.47. The minimum Gasteiger partial charge on any atom is -0.477 e. The second kappa shape index (κ2) is 6.80. The third-order valence-corrected chi connectivity index (χ3v) is 5.60. The molecule has 0 bridgehead atoms. The Kier molecular flexibility index (Phi) is 4.88. The number of carboxylic acid groups (broad SMARTS) is 1. The van der Waals surface area contributed by atoms with Crippen LogP contribution in [0.15, 0.2) is 29.1 Å². The fraction of sp³-hybridized carbons (Fsp3) is 0.500. The van der Waals surface area contributed by atoms with Gasteiger partial charge in [0, 0.05) is 23.2 Å². The number of aromatic nitrogens is 1. The van der Waals surface area contributed by atoms with Crippen LogP contribution in [0.1, 0.15) is 43.7 Å². The summed E-state index contributed by atoms with van der Waals surface area (Å²) in [6, 6.07) is 1.52. The summed E-state index contributed by atoms with van der Waals surface area (Å²) in [6.07, 6.45) is 5.51. The van der Waals surface area contributed by atoms with Gasteiger partial charge in [0.2, 0.25) is 5.91 Å². The highest BCUT2D eigenvalue weighted by Crippen LogP contribution is 2.53. The van der Waals surface area contributed by atoms with Gasteiger partial charge >= 0.3 is 5.97 Å². The van der Waals surface area contributed by atoms with E-state index in [2.05, 4.69) is 24.5 Å². The largest absolute Gasteiger partial charge is 0.477 e. The van der Waals surface area contributed by atoms with Gasteiger partial charge in [-0.2, -0.15) is 0 Å². The summed E-state index contributed by atoms with van der Waals surface area (Å²) in [6.45, 7) is 3.67. The first kappa shape index (κ1) is 17.9. The van der Waals surface area contributed by atoms with Crippen LogP contribution in [0.3, 0.4) is 0 Å². The van der Waals surface area contributed by atoms with E-state index in [9.17, 15) is 19.8 Å². The third kappa shape index (κ3) is 2.75. The molecule has 2 N–H and O–H groups in total. The molecule has 1 fully saturated rings. The number of fused-ring (bicyclic) bond motifs is 1. The Labute approximate surface area is 152 Å². The van der Waals surface area contributed by atoms with Gasteiger partial charge < -0.3 is 15.1 Å². The predicted octanol–water partition coefficient (Wildman–Crippen LogP) is 1.96. The minimum absolute atomic E-state index is 0.0782. The van der Waals surface area contributed by atoms with Gasteiger partial charge in [0.15, 0.2) is 0 Å². The molecule has 3 heterocycles. The zero-order valence-electron chi connectivity index (χ0n) is 14.2. The zero-order valence-corrected chi connectivity index (χ0v) is 15.1. The first-order chi connectivity index (χ1) is 11.9. The second-order valence-electron chi connectivity index (χ2n) is 6.66. The number of hydrogen-bond acceptors (Lipinski definition) is 5. The van der Waals surface area contributed by atoms with Crippen molar-refractivity contribution in [1.29, 1.82) is 0 Å². The molecule has 0 aliphatic carbocycles. The number of thiol groups is 1. The predicted molar refractivity (Wildman–Crippen MR) is 95.0 cm³/mol. The minimum atomic E-state index is -1.17. The number of carbonyl (C=O) groups excluding carboxylic acids is 1. The average molecular weight is 362 g/mol. The number of aliphatic hydroxyl groups is 1. The van der Waals surface area contributed by atoms with Gasteiger partial charge in [0.25, 0.3) is 0 Å². The molecule has 2 aliphatic heterocycles. The number of unbranched alkanes of at least 4 members (excludes halogenated alkanes) is 1.